The number of pyridine rings is 1. The lowest BCUT2D eigenvalue weighted by molar-refractivity contribution is -0.134. The van der Waals surface area contributed by atoms with E-state index in [1.165, 1.54) is 6.07 Å². The van der Waals surface area contributed by atoms with Crippen LogP contribution in [0.3, 0.4) is 0 Å². The van der Waals surface area contributed by atoms with Gasteiger partial charge >= 0.3 is 5.97 Å². The van der Waals surface area contributed by atoms with E-state index in [0.29, 0.717) is 28.1 Å². The number of rotatable bonds is 4. The molecule has 1 aromatic heterocycles. The predicted molar refractivity (Wildman–Crippen MR) is 107 cm³/mol. The van der Waals surface area contributed by atoms with Gasteiger partial charge in [0.1, 0.15) is 5.56 Å². The highest BCUT2D eigenvalue weighted by molar-refractivity contribution is 6.31. The molecule has 0 saturated carbocycles. The van der Waals surface area contributed by atoms with Gasteiger partial charge in [-0.15, -0.1) is 0 Å². The van der Waals surface area contributed by atoms with E-state index in [2.05, 4.69) is 10.3 Å². The van der Waals surface area contributed by atoms with Crippen LogP contribution >= 0.6 is 11.6 Å². The molecule has 0 radical (unpaired) electrons. The number of aromatic nitrogens is 1. The van der Waals surface area contributed by atoms with Gasteiger partial charge in [-0.25, -0.2) is 4.79 Å². The number of aromatic carboxylic acids is 1. The highest BCUT2D eigenvalue weighted by atomic mass is 35.5. The molecule has 3 N–H and O–H groups in total. The van der Waals surface area contributed by atoms with Gasteiger partial charge in [-0.2, -0.15) is 0 Å². The number of halogens is 1. The average molecular weight is 413 g/mol. The fraction of sp³-hybridized carbons (Fsp3) is 0.190. The van der Waals surface area contributed by atoms with Crippen molar-refractivity contribution in [3.8, 4) is 0 Å². The first-order valence-corrected chi connectivity index (χ1v) is 9.37. The molecule has 29 heavy (non-hydrogen) atoms. The number of hydrogen-bond donors (Lipinski definition) is 3. The molecule has 0 bridgehead atoms. The van der Waals surface area contributed by atoms with Crippen LogP contribution in [0.25, 0.3) is 10.9 Å². The Morgan fingerprint density at radius 1 is 1.24 bits per heavy atom. The third kappa shape index (κ3) is 3.74. The Balaban J connectivity index is 1.62. The topological polar surface area (TPSA) is 108 Å². The van der Waals surface area contributed by atoms with Gasteiger partial charge in [0.2, 0.25) is 0 Å². The van der Waals surface area contributed by atoms with Crippen molar-refractivity contribution in [3.05, 3.63) is 80.1 Å². The molecule has 2 aromatic carbocycles. The second kappa shape index (κ2) is 7.69. The lowest BCUT2D eigenvalue weighted by Gasteiger charge is -2.25. The van der Waals surface area contributed by atoms with Gasteiger partial charge in [0.25, 0.3) is 11.5 Å². The van der Waals surface area contributed by atoms with Crippen LogP contribution in [0.2, 0.25) is 5.02 Å². The standard InChI is InChI=1S/C21H17ClN2O5/c22-14-7-12-9-16(21(27)28)19(25)24-17(12)13(8-14)10-23-20(26)18-15-4-2-1-3-11(15)5-6-29-18/h1-4,7-9,18H,5-6,10H2,(H,23,26)(H,24,25)(H,27,28). The fourth-order valence-electron chi connectivity index (χ4n) is 3.54. The molecular weight excluding hydrogens is 396 g/mol. The number of carbonyl (C=O) groups is 2. The Hall–Kier alpha value is -3.16. The molecule has 148 valence electrons. The summed E-state index contributed by atoms with van der Waals surface area (Å²) in [5.41, 5.74) is 1.82. The predicted octanol–water partition coefficient (Wildman–Crippen LogP) is 2.81. The van der Waals surface area contributed by atoms with Gasteiger partial charge < -0.3 is 20.1 Å². The number of H-pyrrole nitrogens is 1. The number of carboxylic acid groups (broad SMARTS) is 1. The number of fused-ring (bicyclic) bond motifs is 2. The first kappa shape index (κ1) is 19.2. The highest BCUT2D eigenvalue weighted by Gasteiger charge is 2.27. The highest BCUT2D eigenvalue weighted by Crippen LogP contribution is 2.27. The van der Waals surface area contributed by atoms with Crippen LogP contribution in [0.1, 0.15) is 33.2 Å². The number of nitrogens with one attached hydrogen (secondary N) is 2. The molecule has 4 rings (SSSR count). The Kier molecular flexibility index (Phi) is 5.08. The first-order chi connectivity index (χ1) is 13.9. The van der Waals surface area contributed by atoms with E-state index in [0.717, 1.165) is 17.5 Å². The molecule has 0 aliphatic carbocycles. The summed E-state index contributed by atoms with van der Waals surface area (Å²) in [5.74, 6) is -1.62. The monoisotopic (exact) mass is 412 g/mol. The largest absolute Gasteiger partial charge is 0.477 e. The zero-order chi connectivity index (χ0) is 20.5. The van der Waals surface area contributed by atoms with Crippen molar-refractivity contribution in [1.82, 2.24) is 10.3 Å². The third-order valence-electron chi connectivity index (χ3n) is 4.91. The smallest absolute Gasteiger partial charge is 0.341 e. The number of ether oxygens (including phenoxy) is 1. The Bertz CT molecular complexity index is 1190. The molecular formula is C21H17ClN2O5. The third-order valence-corrected chi connectivity index (χ3v) is 5.13. The fourth-order valence-corrected chi connectivity index (χ4v) is 3.79. The quantitative estimate of drug-likeness (QED) is 0.610. The van der Waals surface area contributed by atoms with Gasteiger partial charge in [-0.3, -0.25) is 9.59 Å². The number of amides is 1. The van der Waals surface area contributed by atoms with Crippen molar-refractivity contribution in [2.45, 2.75) is 19.1 Å². The molecule has 1 aliphatic rings. The van der Waals surface area contributed by atoms with E-state index in [9.17, 15) is 14.4 Å². The number of aromatic amines is 1. The van der Waals surface area contributed by atoms with Crippen LogP contribution < -0.4 is 10.9 Å². The van der Waals surface area contributed by atoms with E-state index in [4.69, 9.17) is 21.4 Å². The normalized spacial score (nSPS) is 15.7. The molecule has 1 unspecified atom stereocenters. The van der Waals surface area contributed by atoms with E-state index in [1.54, 1.807) is 12.1 Å². The van der Waals surface area contributed by atoms with E-state index in [-0.39, 0.29) is 18.0 Å². The summed E-state index contributed by atoms with van der Waals surface area (Å²) in [6.07, 6.45) is 0.0505. The Morgan fingerprint density at radius 2 is 2.03 bits per heavy atom. The second-order valence-electron chi connectivity index (χ2n) is 6.76. The van der Waals surface area contributed by atoms with Crippen molar-refractivity contribution < 1.29 is 19.4 Å². The summed E-state index contributed by atoms with van der Waals surface area (Å²) in [5, 5.41) is 12.8. The SMILES string of the molecule is O=C(O)c1cc2cc(Cl)cc(CNC(=O)C3OCCc4ccccc43)c2[nH]c1=O. The molecule has 2 heterocycles. The molecule has 0 saturated heterocycles. The van der Waals surface area contributed by atoms with Gasteiger partial charge in [-0.05, 0) is 41.3 Å². The van der Waals surface area contributed by atoms with Gasteiger partial charge in [0.05, 0.1) is 12.1 Å². The number of hydrogen-bond acceptors (Lipinski definition) is 4. The van der Waals surface area contributed by atoms with Crippen molar-refractivity contribution >= 4 is 34.4 Å². The maximum Gasteiger partial charge on any atom is 0.341 e. The van der Waals surface area contributed by atoms with Crippen LogP contribution in [-0.2, 0) is 22.5 Å². The molecule has 8 heteroatoms. The Labute approximate surface area is 170 Å². The summed E-state index contributed by atoms with van der Waals surface area (Å²) in [7, 11) is 0. The van der Waals surface area contributed by atoms with Crippen molar-refractivity contribution in [3.63, 3.8) is 0 Å². The first-order valence-electron chi connectivity index (χ1n) is 9.00. The lowest BCUT2D eigenvalue weighted by atomic mass is 9.97. The molecule has 1 aliphatic heterocycles. The minimum Gasteiger partial charge on any atom is -0.477 e. The minimum absolute atomic E-state index is 0.0975. The van der Waals surface area contributed by atoms with Crippen LogP contribution in [0.4, 0.5) is 0 Å². The number of carboxylic acids is 1. The van der Waals surface area contributed by atoms with Crippen molar-refractivity contribution in [2.24, 2.45) is 0 Å². The summed E-state index contributed by atoms with van der Waals surface area (Å²) in [4.78, 5) is 38.6. The van der Waals surface area contributed by atoms with Crippen LogP contribution in [-0.4, -0.2) is 28.6 Å². The maximum absolute atomic E-state index is 12.7. The van der Waals surface area contributed by atoms with Gasteiger partial charge in [0.15, 0.2) is 6.10 Å². The summed E-state index contributed by atoms with van der Waals surface area (Å²) < 4.78 is 5.67. The average Bonchev–Trinajstić information content (AvgIpc) is 2.71. The number of carbonyl (C=O) groups excluding carboxylic acids is 1. The maximum atomic E-state index is 12.7. The van der Waals surface area contributed by atoms with Crippen LogP contribution in [0.5, 0.6) is 0 Å². The lowest BCUT2D eigenvalue weighted by Crippen LogP contribution is -2.33. The molecule has 1 amide bonds. The Morgan fingerprint density at radius 3 is 2.83 bits per heavy atom. The van der Waals surface area contributed by atoms with Crippen molar-refractivity contribution in [2.75, 3.05) is 6.61 Å². The molecule has 0 spiro atoms. The van der Waals surface area contributed by atoms with Gasteiger partial charge in [-0.1, -0.05) is 35.9 Å². The number of benzene rings is 2. The van der Waals surface area contributed by atoms with E-state index in [1.807, 2.05) is 24.3 Å². The van der Waals surface area contributed by atoms with Crippen LogP contribution in [0, 0.1) is 0 Å². The zero-order valence-corrected chi connectivity index (χ0v) is 16.0. The summed E-state index contributed by atoms with van der Waals surface area (Å²) >= 11 is 6.15. The summed E-state index contributed by atoms with van der Waals surface area (Å²) in [6.45, 7) is 0.556. The second-order valence-corrected chi connectivity index (χ2v) is 7.20. The molecule has 3 aromatic rings. The molecule has 1 atom stereocenters. The minimum atomic E-state index is -1.32. The molecule has 7 nitrogen and oxygen atoms in total. The molecule has 0 fully saturated rings. The van der Waals surface area contributed by atoms with E-state index >= 15 is 0 Å². The van der Waals surface area contributed by atoms with Crippen molar-refractivity contribution in [1.29, 1.82) is 0 Å². The van der Waals surface area contributed by atoms with E-state index < -0.39 is 17.6 Å². The van der Waals surface area contributed by atoms with Gasteiger partial charge in [0, 0.05) is 17.0 Å². The zero-order valence-electron chi connectivity index (χ0n) is 15.2. The van der Waals surface area contributed by atoms with Crippen LogP contribution in [0.15, 0.2) is 47.3 Å². The summed E-state index contributed by atoms with van der Waals surface area (Å²) in [6, 6.07) is 12.1.